The predicted molar refractivity (Wildman–Crippen MR) is 116 cm³/mol. The van der Waals surface area contributed by atoms with Gasteiger partial charge in [-0.15, -0.1) is 0 Å². The number of fused-ring (bicyclic) bond motifs is 1. The van der Waals surface area contributed by atoms with Crippen molar-refractivity contribution < 1.29 is 9.59 Å². The van der Waals surface area contributed by atoms with Crippen LogP contribution in [0, 0.1) is 4.77 Å². The number of unbranched alkanes of at least 4 members (excludes halogenated alkanes) is 2. The van der Waals surface area contributed by atoms with E-state index in [0.29, 0.717) is 47.3 Å². The van der Waals surface area contributed by atoms with Gasteiger partial charge in [-0.1, -0.05) is 19.8 Å². The topological polar surface area (TPSA) is 87.2 Å². The molecule has 2 aromatic rings. The van der Waals surface area contributed by atoms with E-state index in [1.165, 1.54) is 0 Å². The van der Waals surface area contributed by atoms with Crippen LogP contribution in [-0.2, 0) is 11.3 Å². The third-order valence-corrected chi connectivity index (χ3v) is 5.61. The molecule has 0 bridgehead atoms. The number of aromatic amines is 1. The van der Waals surface area contributed by atoms with E-state index in [1.807, 2.05) is 4.90 Å². The van der Waals surface area contributed by atoms with Crippen molar-refractivity contribution in [3.05, 3.63) is 38.9 Å². The van der Waals surface area contributed by atoms with Crippen LogP contribution in [0.3, 0.4) is 0 Å². The number of H-pyrrole nitrogens is 1. The number of carbonyl (C=O) groups excluding carboxylic acids is 2. The van der Waals surface area contributed by atoms with Crippen LogP contribution in [-0.4, -0.2) is 45.9 Å². The van der Waals surface area contributed by atoms with Crippen LogP contribution in [0.15, 0.2) is 23.0 Å². The molecule has 2 amide bonds. The summed E-state index contributed by atoms with van der Waals surface area (Å²) in [5.41, 5.74) is 0.924. The lowest BCUT2D eigenvalue weighted by atomic mass is 10.1. The van der Waals surface area contributed by atoms with E-state index in [1.54, 1.807) is 22.8 Å². The Morgan fingerprint density at radius 1 is 1.21 bits per heavy atom. The summed E-state index contributed by atoms with van der Waals surface area (Å²) in [5.74, 6) is -0.00689. The molecular formula is C21H28N4O3S. The number of aromatic nitrogens is 2. The van der Waals surface area contributed by atoms with Gasteiger partial charge in [-0.05, 0) is 49.7 Å². The van der Waals surface area contributed by atoms with E-state index in [-0.39, 0.29) is 17.4 Å². The van der Waals surface area contributed by atoms with Crippen molar-refractivity contribution in [3.8, 4) is 0 Å². The maximum absolute atomic E-state index is 12.7. The van der Waals surface area contributed by atoms with E-state index >= 15 is 0 Å². The minimum absolute atomic E-state index is 0.123. The number of nitrogens with zero attached hydrogens (tertiary/aromatic N) is 2. The van der Waals surface area contributed by atoms with Crippen molar-refractivity contribution >= 4 is 34.9 Å². The first-order valence-electron chi connectivity index (χ1n) is 10.3. The fourth-order valence-corrected chi connectivity index (χ4v) is 3.92. The van der Waals surface area contributed by atoms with Gasteiger partial charge < -0.3 is 15.2 Å². The van der Waals surface area contributed by atoms with Crippen LogP contribution < -0.4 is 10.9 Å². The van der Waals surface area contributed by atoms with Gasteiger partial charge in [0, 0.05) is 38.2 Å². The molecule has 1 aliphatic heterocycles. The van der Waals surface area contributed by atoms with Gasteiger partial charge in [0.15, 0.2) is 4.77 Å². The molecule has 29 heavy (non-hydrogen) atoms. The van der Waals surface area contributed by atoms with Crippen molar-refractivity contribution in [2.75, 3.05) is 19.6 Å². The smallest absolute Gasteiger partial charge is 0.262 e. The second-order valence-electron chi connectivity index (χ2n) is 7.45. The highest BCUT2D eigenvalue weighted by Crippen LogP contribution is 2.12. The first-order chi connectivity index (χ1) is 14.0. The summed E-state index contributed by atoms with van der Waals surface area (Å²) < 4.78 is 1.97. The predicted octanol–water partition coefficient (Wildman–Crippen LogP) is 2.99. The number of likely N-dealkylation sites (tertiary alicyclic amines) is 1. The zero-order valence-corrected chi connectivity index (χ0v) is 17.6. The molecule has 156 valence electrons. The maximum atomic E-state index is 12.7. The van der Waals surface area contributed by atoms with Gasteiger partial charge in [0.2, 0.25) is 5.91 Å². The van der Waals surface area contributed by atoms with Crippen LogP contribution in [0.25, 0.3) is 10.9 Å². The Kier molecular flexibility index (Phi) is 7.19. The van der Waals surface area contributed by atoms with Crippen molar-refractivity contribution in [2.45, 2.75) is 52.0 Å². The molecule has 7 nitrogen and oxygen atoms in total. The largest absolute Gasteiger partial charge is 0.352 e. The highest BCUT2D eigenvalue weighted by atomic mass is 32.1. The van der Waals surface area contributed by atoms with E-state index < -0.39 is 0 Å². The van der Waals surface area contributed by atoms with Crippen LogP contribution in [0.2, 0.25) is 0 Å². The number of nitrogens with one attached hydrogen (secondary N) is 2. The molecule has 1 saturated heterocycles. The van der Waals surface area contributed by atoms with Gasteiger partial charge >= 0.3 is 0 Å². The summed E-state index contributed by atoms with van der Waals surface area (Å²) in [5, 5.41) is 3.40. The zero-order chi connectivity index (χ0) is 20.8. The number of rotatable bonds is 9. The SMILES string of the molecule is CCCCCn1c(=S)[nH]c2cc(C(=O)NCCCN3CCCC3=O)ccc2c1=O. The number of carbonyl (C=O) groups is 2. The van der Waals surface area contributed by atoms with E-state index in [2.05, 4.69) is 17.2 Å². The van der Waals surface area contributed by atoms with Crippen molar-refractivity contribution in [2.24, 2.45) is 0 Å². The summed E-state index contributed by atoms with van der Waals surface area (Å²) in [7, 11) is 0. The Morgan fingerprint density at radius 3 is 2.76 bits per heavy atom. The molecule has 0 saturated carbocycles. The standard InChI is InChI=1S/C21H28N4O3S/c1-2-3-4-13-25-20(28)16-9-8-15(14-17(16)23-21(25)29)19(27)22-10-6-12-24-11-5-7-18(24)26/h8-9,14H,2-7,10-13H2,1H3,(H,22,27)(H,23,29). The van der Waals surface area contributed by atoms with Gasteiger partial charge in [0.25, 0.3) is 11.5 Å². The van der Waals surface area contributed by atoms with Gasteiger partial charge in [0.1, 0.15) is 0 Å². The molecule has 2 heterocycles. The van der Waals surface area contributed by atoms with Crippen molar-refractivity contribution in [1.29, 1.82) is 0 Å². The Labute approximate surface area is 175 Å². The summed E-state index contributed by atoms with van der Waals surface area (Å²) in [6, 6.07) is 5.01. The summed E-state index contributed by atoms with van der Waals surface area (Å²) in [6.45, 7) is 4.69. The molecule has 0 atom stereocenters. The van der Waals surface area contributed by atoms with E-state index in [0.717, 1.165) is 38.6 Å². The first kappa shape index (κ1) is 21.2. The highest BCUT2D eigenvalue weighted by Gasteiger charge is 2.19. The minimum Gasteiger partial charge on any atom is -0.352 e. The molecule has 0 aliphatic carbocycles. The second-order valence-corrected chi connectivity index (χ2v) is 7.83. The fourth-order valence-electron chi connectivity index (χ4n) is 3.63. The molecule has 0 spiro atoms. The average Bonchev–Trinajstić information content (AvgIpc) is 3.12. The summed E-state index contributed by atoms with van der Waals surface area (Å²) in [4.78, 5) is 41.7. The van der Waals surface area contributed by atoms with Gasteiger partial charge in [-0.3, -0.25) is 19.0 Å². The van der Waals surface area contributed by atoms with E-state index in [9.17, 15) is 14.4 Å². The number of hydrogen-bond donors (Lipinski definition) is 2. The molecular weight excluding hydrogens is 388 g/mol. The lowest BCUT2D eigenvalue weighted by Crippen LogP contribution is -2.30. The minimum atomic E-state index is -0.203. The van der Waals surface area contributed by atoms with E-state index in [4.69, 9.17) is 12.2 Å². The number of benzene rings is 1. The third-order valence-electron chi connectivity index (χ3n) is 5.29. The lowest BCUT2D eigenvalue weighted by molar-refractivity contribution is -0.127. The molecule has 0 radical (unpaired) electrons. The average molecular weight is 417 g/mol. The molecule has 2 N–H and O–H groups in total. The molecule has 1 aromatic carbocycles. The highest BCUT2D eigenvalue weighted by molar-refractivity contribution is 7.71. The molecule has 1 fully saturated rings. The number of hydrogen-bond acceptors (Lipinski definition) is 4. The number of amides is 2. The van der Waals surface area contributed by atoms with Crippen LogP contribution in [0.4, 0.5) is 0 Å². The summed E-state index contributed by atoms with van der Waals surface area (Å²) >= 11 is 5.35. The van der Waals surface area contributed by atoms with Crippen LogP contribution in [0.5, 0.6) is 0 Å². The zero-order valence-electron chi connectivity index (χ0n) is 16.8. The van der Waals surface area contributed by atoms with Gasteiger partial charge in [0.05, 0.1) is 10.9 Å². The van der Waals surface area contributed by atoms with Gasteiger partial charge in [-0.25, -0.2) is 0 Å². The van der Waals surface area contributed by atoms with Crippen molar-refractivity contribution in [3.63, 3.8) is 0 Å². The summed E-state index contributed by atoms with van der Waals surface area (Å²) in [6.07, 6.45) is 5.30. The molecule has 8 heteroatoms. The second kappa shape index (κ2) is 9.82. The maximum Gasteiger partial charge on any atom is 0.262 e. The molecule has 3 rings (SSSR count). The Hall–Kier alpha value is -2.48. The van der Waals surface area contributed by atoms with Crippen LogP contribution in [0.1, 0.15) is 55.8 Å². The Balaban J connectivity index is 1.64. The monoisotopic (exact) mass is 416 g/mol. The Morgan fingerprint density at radius 2 is 2.03 bits per heavy atom. The molecule has 0 unspecified atom stereocenters. The molecule has 1 aliphatic rings. The van der Waals surface area contributed by atoms with Crippen molar-refractivity contribution in [1.82, 2.24) is 19.8 Å². The normalized spacial score (nSPS) is 14.0. The first-order valence-corrected chi connectivity index (χ1v) is 10.7. The third kappa shape index (κ3) is 5.12. The Bertz CT molecular complexity index is 1010. The van der Waals surface area contributed by atoms with Gasteiger partial charge in [-0.2, -0.15) is 0 Å². The molecule has 1 aromatic heterocycles. The quantitative estimate of drug-likeness (QED) is 0.486. The van der Waals surface area contributed by atoms with Crippen LogP contribution >= 0.6 is 12.2 Å². The lowest BCUT2D eigenvalue weighted by Gasteiger charge is -2.15. The fraction of sp³-hybridized carbons (Fsp3) is 0.524.